The first kappa shape index (κ1) is 28.0. The first-order chi connectivity index (χ1) is 17.0. The Morgan fingerprint density at radius 3 is 2.51 bits per heavy atom. The van der Waals surface area contributed by atoms with Crippen LogP contribution in [0.5, 0.6) is 5.75 Å². The third-order valence-electron chi connectivity index (χ3n) is 5.66. The number of nitrogens with two attached hydrogens (primary N) is 1. The molecule has 17 heteroatoms. The third kappa shape index (κ3) is 5.90. The van der Waals surface area contributed by atoms with Crippen LogP contribution < -0.4 is 11.2 Å². The van der Waals surface area contributed by atoms with E-state index in [9.17, 15) is 33.1 Å². The Balaban J connectivity index is 1.92. The van der Waals surface area contributed by atoms with Gasteiger partial charge in [0.05, 0.1) is 17.7 Å². The minimum atomic E-state index is -4.97. The second-order valence-electron chi connectivity index (χ2n) is 9.04. The third-order valence-corrected chi connectivity index (χ3v) is 6.67. The fourth-order valence-corrected chi connectivity index (χ4v) is 4.66. The van der Waals surface area contributed by atoms with Crippen LogP contribution in [-0.2, 0) is 29.1 Å². The number of pyridine rings is 1. The van der Waals surface area contributed by atoms with Gasteiger partial charge in [-0.05, 0) is 19.8 Å². The first-order valence-electron chi connectivity index (χ1n) is 10.7. The van der Waals surface area contributed by atoms with Gasteiger partial charge < -0.3 is 20.9 Å². The average Bonchev–Trinajstić information content (AvgIpc) is 3.21. The Bertz CT molecular complexity index is 1410. The molecule has 0 spiro atoms. The molecule has 3 heterocycles. The summed E-state index contributed by atoms with van der Waals surface area (Å²) >= 11 is 1.01. The van der Waals surface area contributed by atoms with Crippen LogP contribution in [0, 0.1) is 11.8 Å². The fraction of sp³-hybridized carbons (Fsp3) is 0.450. The molecular weight excluding hydrogens is 534 g/mol. The number of hydrogen-bond acceptors (Lipinski definition) is 13. The molecule has 0 unspecified atom stereocenters. The lowest BCUT2D eigenvalue weighted by Crippen LogP contribution is -2.68. The highest BCUT2D eigenvalue weighted by Gasteiger charge is 2.57. The Morgan fingerprint density at radius 1 is 1.35 bits per heavy atom. The van der Waals surface area contributed by atoms with Gasteiger partial charge in [0.2, 0.25) is 5.43 Å². The van der Waals surface area contributed by atoms with E-state index in [4.69, 9.17) is 15.1 Å². The van der Waals surface area contributed by atoms with Crippen molar-refractivity contribution in [1.29, 1.82) is 0 Å². The van der Waals surface area contributed by atoms with Gasteiger partial charge in [-0.25, -0.2) is 4.98 Å². The Kier molecular flexibility index (Phi) is 7.64. The van der Waals surface area contributed by atoms with Gasteiger partial charge in [-0.2, -0.15) is 18.2 Å². The second-order valence-corrected chi connectivity index (χ2v) is 10.9. The lowest BCUT2D eigenvalue weighted by atomic mass is 9.74. The number of Topliss-reactive ketones (excluding diaryl/α,β-unsaturated/α-hetero) is 1. The van der Waals surface area contributed by atoms with E-state index in [0.29, 0.717) is 9.79 Å². The van der Waals surface area contributed by atoms with Crippen molar-refractivity contribution < 1.29 is 42.0 Å². The number of thiazole rings is 1. The number of hydrogen-bond donors (Lipinski definition) is 4. The van der Waals surface area contributed by atoms with E-state index >= 15 is 0 Å². The largest absolute Gasteiger partial charge is 0.503 e. The summed E-state index contributed by atoms with van der Waals surface area (Å²) in [6.07, 6.45) is -0.720. The average molecular weight is 560 g/mol. The molecular formula is C20H25N5O10S2. The number of oxime groups is 1. The van der Waals surface area contributed by atoms with Gasteiger partial charge >= 0.3 is 10.4 Å². The summed E-state index contributed by atoms with van der Waals surface area (Å²) < 4.78 is 35.8. The van der Waals surface area contributed by atoms with Crippen LogP contribution in [0.2, 0.25) is 0 Å². The zero-order chi connectivity index (χ0) is 27.9. The van der Waals surface area contributed by atoms with Gasteiger partial charge in [-0.15, -0.1) is 15.6 Å². The van der Waals surface area contributed by atoms with Crippen molar-refractivity contribution in [1.82, 2.24) is 14.8 Å². The van der Waals surface area contributed by atoms with Gasteiger partial charge in [0, 0.05) is 17.9 Å². The summed E-state index contributed by atoms with van der Waals surface area (Å²) in [5.41, 5.74) is 3.30. The maximum Gasteiger partial charge on any atom is 0.418 e. The van der Waals surface area contributed by atoms with Crippen LogP contribution in [-0.4, -0.2) is 61.0 Å². The molecule has 0 saturated carbocycles. The molecule has 2 aromatic rings. The van der Waals surface area contributed by atoms with Crippen molar-refractivity contribution in [2.75, 3.05) is 5.73 Å². The highest BCUT2D eigenvalue weighted by Crippen LogP contribution is 2.40. The number of nitrogen functional groups attached to an aromatic ring is 1. The highest BCUT2D eigenvalue weighted by atomic mass is 32.3. The number of aromatic hydroxyl groups is 1. The van der Waals surface area contributed by atoms with E-state index in [2.05, 4.69) is 14.4 Å². The van der Waals surface area contributed by atoms with E-state index in [1.54, 1.807) is 13.8 Å². The van der Waals surface area contributed by atoms with Crippen molar-refractivity contribution in [3.8, 4) is 5.75 Å². The number of hydroxylamine groups is 2. The van der Waals surface area contributed by atoms with Crippen molar-refractivity contribution in [2.45, 2.75) is 45.8 Å². The lowest BCUT2D eigenvalue weighted by Gasteiger charge is -2.50. The SMILES string of the molecule is CC(C)[C@H](O/N=C(\C(=O)C[C@@H]1C(=O)N(OS(=O)(=O)O)C1(C)C)c1csc(N)n1)c1cc(=O)c(O)cn1O. The summed E-state index contributed by atoms with van der Waals surface area (Å²) in [6.45, 7) is 6.26. The number of amides is 1. The summed E-state index contributed by atoms with van der Waals surface area (Å²) in [5, 5.41) is 25.6. The topological polar surface area (TPSA) is 224 Å². The van der Waals surface area contributed by atoms with E-state index in [-0.39, 0.29) is 28.1 Å². The zero-order valence-electron chi connectivity index (χ0n) is 20.1. The van der Waals surface area contributed by atoms with Gasteiger partial charge in [0.25, 0.3) is 5.91 Å². The smallest absolute Gasteiger partial charge is 0.418 e. The molecule has 202 valence electrons. The van der Waals surface area contributed by atoms with E-state index < -0.39 is 57.2 Å². The molecule has 0 bridgehead atoms. The van der Waals surface area contributed by atoms with Crippen LogP contribution in [0.4, 0.5) is 5.13 Å². The van der Waals surface area contributed by atoms with E-state index in [0.717, 1.165) is 23.6 Å². The maximum atomic E-state index is 13.3. The molecule has 1 aliphatic heterocycles. The van der Waals surface area contributed by atoms with Crippen LogP contribution in [0.15, 0.2) is 27.6 Å². The molecule has 1 aliphatic rings. The van der Waals surface area contributed by atoms with Crippen molar-refractivity contribution in [3.63, 3.8) is 0 Å². The Hall–Kier alpha value is -3.54. The number of aromatic nitrogens is 2. The predicted molar refractivity (Wildman–Crippen MR) is 128 cm³/mol. The van der Waals surface area contributed by atoms with Crippen LogP contribution in [0.3, 0.4) is 0 Å². The van der Waals surface area contributed by atoms with Crippen LogP contribution in [0.1, 0.15) is 51.6 Å². The molecule has 0 aromatic carbocycles. The molecule has 2 atom stereocenters. The number of β-lactam (4-membered cyclic amide) rings is 1. The van der Waals surface area contributed by atoms with Gasteiger partial charge in [-0.1, -0.05) is 19.0 Å². The number of ketones is 1. The minimum absolute atomic E-state index is 0.0396. The molecule has 5 N–H and O–H groups in total. The molecule has 3 rings (SSSR count). The number of rotatable bonds is 10. The predicted octanol–water partition coefficient (Wildman–Crippen LogP) is 0.879. The lowest BCUT2D eigenvalue weighted by molar-refractivity contribution is -0.228. The molecule has 1 saturated heterocycles. The normalized spacial score (nSPS) is 18.5. The minimum Gasteiger partial charge on any atom is -0.503 e. The summed E-state index contributed by atoms with van der Waals surface area (Å²) in [5.74, 6) is -3.68. The zero-order valence-corrected chi connectivity index (χ0v) is 21.7. The van der Waals surface area contributed by atoms with Crippen molar-refractivity contribution in [2.24, 2.45) is 17.0 Å². The Labute approximate surface area is 214 Å². The van der Waals surface area contributed by atoms with Crippen LogP contribution in [0.25, 0.3) is 0 Å². The van der Waals surface area contributed by atoms with Gasteiger partial charge in [0.15, 0.2) is 28.5 Å². The van der Waals surface area contributed by atoms with E-state index in [1.165, 1.54) is 19.2 Å². The van der Waals surface area contributed by atoms with Crippen molar-refractivity contribution >= 4 is 44.3 Å². The number of nitrogens with zero attached hydrogens (tertiary/aromatic N) is 4. The number of carbonyl (C=O) groups excluding carboxylic acids is 2. The van der Waals surface area contributed by atoms with E-state index in [1.807, 2.05) is 0 Å². The van der Waals surface area contributed by atoms with Gasteiger partial charge in [0.1, 0.15) is 11.4 Å². The summed E-state index contributed by atoms with van der Waals surface area (Å²) in [7, 11) is -4.97. The van der Waals surface area contributed by atoms with Gasteiger partial charge in [-0.3, -0.25) is 18.9 Å². The second kappa shape index (κ2) is 10.1. The number of anilines is 1. The monoisotopic (exact) mass is 559 g/mol. The molecule has 2 aromatic heterocycles. The number of carbonyl (C=O) groups is 2. The summed E-state index contributed by atoms with van der Waals surface area (Å²) in [6, 6.07) is 0.956. The molecule has 0 radical (unpaired) electrons. The fourth-order valence-electron chi connectivity index (χ4n) is 3.65. The molecule has 37 heavy (non-hydrogen) atoms. The standard InChI is InChI=1S/C20H25N5O10S2/c1-9(2)17(12-6-13(26)15(28)7-24(12)30)34-23-16(11-8-36-19(21)22-11)14(27)5-10-18(29)25(20(10,3)4)35-37(31,32)33/h6-10,17,28,30H,5H2,1-4H3,(H2,21,22)(H,31,32,33)/b23-16-/t10-,17+/m1/s1. The summed E-state index contributed by atoms with van der Waals surface area (Å²) in [4.78, 5) is 47.3. The molecule has 1 amide bonds. The van der Waals surface area contributed by atoms with Crippen LogP contribution >= 0.6 is 11.3 Å². The molecule has 1 fully saturated rings. The van der Waals surface area contributed by atoms with Crippen molar-refractivity contribution in [3.05, 3.63) is 39.3 Å². The molecule has 0 aliphatic carbocycles. The quantitative estimate of drug-likeness (QED) is 0.105. The first-order valence-corrected chi connectivity index (χ1v) is 12.9. The highest BCUT2D eigenvalue weighted by molar-refractivity contribution is 7.80. The molecule has 15 nitrogen and oxygen atoms in total. The Morgan fingerprint density at radius 2 is 2.00 bits per heavy atom. The maximum absolute atomic E-state index is 13.3.